The number of nitrogens with one attached hydrogen (secondary N) is 1. The molecule has 0 spiro atoms. The summed E-state index contributed by atoms with van der Waals surface area (Å²) in [5, 5.41) is 2.85. The van der Waals surface area contributed by atoms with E-state index in [0.29, 0.717) is 25.3 Å². The zero-order valence-corrected chi connectivity index (χ0v) is 15.1. The second-order valence-corrected chi connectivity index (χ2v) is 6.00. The van der Waals surface area contributed by atoms with E-state index in [-0.39, 0.29) is 12.5 Å². The van der Waals surface area contributed by atoms with E-state index in [1.165, 1.54) is 5.56 Å². The summed E-state index contributed by atoms with van der Waals surface area (Å²) in [6.07, 6.45) is 4.70. The highest BCUT2D eigenvalue weighted by Gasteiger charge is 2.05. The van der Waals surface area contributed by atoms with Gasteiger partial charge in [0.1, 0.15) is 17.1 Å². The number of aryl methyl sites for hydroxylation is 1. The summed E-state index contributed by atoms with van der Waals surface area (Å²) in [6, 6.07) is 11.2. The van der Waals surface area contributed by atoms with Crippen molar-refractivity contribution in [1.82, 2.24) is 14.7 Å². The predicted octanol–water partition coefficient (Wildman–Crippen LogP) is 2.78. The van der Waals surface area contributed by atoms with Crippen LogP contribution in [0.15, 0.2) is 48.8 Å². The Hall–Kier alpha value is -3.02. The molecule has 0 aliphatic heterocycles. The summed E-state index contributed by atoms with van der Waals surface area (Å²) < 4.78 is 12.8. The van der Waals surface area contributed by atoms with Gasteiger partial charge in [-0.15, -0.1) is 0 Å². The molecule has 6 heteroatoms. The summed E-state index contributed by atoms with van der Waals surface area (Å²) >= 11 is 0. The molecular formula is C20H23N3O3. The molecule has 6 nitrogen and oxygen atoms in total. The molecule has 1 aromatic carbocycles. The van der Waals surface area contributed by atoms with Crippen LogP contribution in [0.3, 0.4) is 0 Å². The zero-order valence-electron chi connectivity index (χ0n) is 15.1. The largest absolute Gasteiger partial charge is 0.494 e. The van der Waals surface area contributed by atoms with E-state index in [2.05, 4.69) is 10.3 Å². The summed E-state index contributed by atoms with van der Waals surface area (Å²) in [5.41, 5.74) is 3.04. The number of imidazole rings is 1. The van der Waals surface area contributed by atoms with Crippen molar-refractivity contribution in [2.24, 2.45) is 0 Å². The fourth-order valence-corrected chi connectivity index (χ4v) is 2.60. The number of aromatic nitrogens is 2. The molecule has 0 bridgehead atoms. The molecule has 136 valence electrons. The van der Waals surface area contributed by atoms with Crippen molar-refractivity contribution in [3.8, 4) is 11.5 Å². The summed E-state index contributed by atoms with van der Waals surface area (Å²) in [6.45, 7) is 5.10. The molecule has 0 aliphatic carbocycles. The maximum absolute atomic E-state index is 11.9. The van der Waals surface area contributed by atoms with Crippen LogP contribution in [0, 0.1) is 6.92 Å². The molecule has 2 heterocycles. The van der Waals surface area contributed by atoms with Crippen LogP contribution in [0.2, 0.25) is 0 Å². The van der Waals surface area contributed by atoms with E-state index in [9.17, 15) is 4.79 Å². The van der Waals surface area contributed by atoms with Crippen molar-refractivity contribution in [2.45, 2.75) is 20.3 Å². The van der Waals surface area contributed by atoms with Crippen LogP contribution in [0.5, 0.6) is 11.5 Å². The number of ether oxygens (including phenoxy) is 2. The number of amides is 1. The molecule has 0 unspecified atom stereocenters. The fraction of sp³-hybridized carbons (Fsp3) is 0.300. The van der Waals surface area contributed by atoms with Crippen LogP contribution in [-0.4, -0.2) is 35.1 Å². The third-order valence-electron chi connectivity index (χ3n) is 3.86. The van der Waals surface area contributed by atoms with E-state index in [1.54, 1.807) is 12.1 Å². The van der Waals surface area contributed by atoms with Gasteiger partial charge < -0.3 is 19.2 Å². The lowest BCUT2D eigenvalue weighted by molar-refractivity contribution is -0.123. The minimum Gasteiger partial charge on any atom is -0.494 e. The highest BCUT2D eigenvalue weighted by Crippen LogP contribution is 2.17. The quantitative estimate of drug-likeness (QED) is 0.676. The summed E-state index contributed by atoms with van der Waals surface area (Å²) in [7, 11) is 0. The van der Waals surface area contributed by atoms with Crippen LogP contribution in [-0.2, 0) is 11.2 Å². The average molecular weight is 353 g/mol. The number of rotatable bonds is 8. The third-order valence-corrected chi connectivity index (χ3v) is 3.86. The van der Waals surface area contributed by atoms with Gasteiger partial charge >= 0.3 is 0 Å². The van der Waals surface area contributed by atoms with Gasteiger partial charge in [-0.25, -0.2) is 4.98 Å². The van der Waals surface area contributed by atoms with E-state index in [4.69, 9.17) is 9.47 Å². The van der Waals surface area contributed by atoms with Gasteiger partial charge in [0.15, 0.2) is 6.61 Å². The van der Waals surface area contributed by atoms with Crippen molar-refractivity contribution in [3.63, 3.8) is 0 Å². The smallest absolute Gasteiger partial charge is 0.257 e. The van der Waals surface area contributed by atoms with Gasteiger partial charge in [0.05, 0.1) is 12.3 Å². The molecule has 0 fully saturated rings. The Morgan fingerprint density at radius 3 is 2.54 bits per heavy atom. The molecule has 0 saturated carbocycles. The highest BCUT2D eigenvalue weighted by atomic mass is 16.5. The number of fused-ring (bicyclic) bond motifs is 1. The Labute approximate surface area is 152 Å². The number of pyridine rings is 1. The minimum absolute atomic E-state index is 0.0155. The lowest BCUT2D eigenvalue weighted by atomic mass is 10.3. The van der Waals surface area contributed by atoms with Crippen molar-refractivity contribution in [2.75, 3.05) is 19.8 Å². The van der Waals surface area contributed by atoms with E-state index >= 15 is 0 Å². The van der Waals surface area contributed by atoms with Crippen LogP contribution >= 0.6 is 0 Å². The first-order valence-electron chi connectivity index (χ1n) is 8.70. The van der Waals surface area contributed by atoms with Crippen LogP contribution in [0.4, 0.5) is 0 Å². The maximum atomic E-state index is 11.9. The molecule has 2 aromatic heterocycles. The predicted molar refractivity (Wildman–Crippen MR) is 99.7 cm³/mol. The van der Waals surface area contributed by atoms with E-state index in [0.717, 1.165) is 17.1 Å². The number of nitrogens with zero attached hydrogens (tertiary/aromatic N) is 2. The van der Waals surface area contributed by atoms with Gasteiger partial charge in [-0.1, -0.05) is 6.07 Å². The first-order valence-corrected chi connectivity index (χ1v) is 8.70. The molecular weight excluding hydrogens is 330 g/mol. The number of hydrogen-bond donors (Lipinski definition) is 1. The molecule has 0 atom stereocenters. The Morgan fingerprint density at radius 1 is 1.08 bits per heavy atom. The van der Waals surface area contributed by atoms with Crippen molar-refractivity contribution >= 4 is 11.6 Å². The number of carbonyl (C=O) groups is 1. The molecule has 1 amide bonds. The first kappa shape index (κ1) is 17.8. The van der Waals surface area contributed by atoms with Gasteiger partial charge in [-0.2, -0.15) is 0 Å². The van der Waals surface area contributed by atoms with Crippen molar-refractivity contribution < 1.29 is 14.3 Å². The summed E-state index contributed by atoms with van der Waals surface area (Å²) in [4.78, 5) is 16.4. The molecule has 26 heavy (non-hydrogen) atoms. The minimum atomic E-state index is -0.154. The molecule has 3 aromatic rings. The number of hydrogen-bond acceptors (Lipinski definition) is 4. The van der Waals surface area contributed by atoms with Crippen LogP contribution in [0.25, 0.3) is 5.65 Å². The van der Waals surface area contributed by atoms with Crippen LogP contribution in [0.1, 0.15) is 18.2 Å². The molecule has 1 N–H and O–H groups in total. The lowest BCUT2D eigenvalue weighted by Gasteiger charge is -2.08. The van der Waals surface area contributed by atoms with Gasteiger partial charge in [0.25, 0.3) is 5.91 Å². The van der Waals surface area contributed by atoms with Crippen molar-refractivity contribution in [1.29, 1.82) is 0 Å². The zero-order chi connectivity index (χ0) is 18.4. The first-order chi connectivity index (χ1) is 12.6. The second kappa shape index (κ2) is 8.38. The number of carbonyl (C=O) groups excluding carboxylic acids is 1. The topological polar surface area (TPSA) is 64.9 Å². The second-order valence-electron chi connectivity index (χ2n) is 6.00. The lowest BCUT2D eigenvalue weighted by Crippen LogP contribution is -2.30. The Kier molecular flexibility index (Phi) is 5.73. The Bertz CT molecular complexity index is 872. The Morgan fingerprint density at radius 2 is 1.81 bits per heavy atom. The number of benzene rings is 1. The SMILES string of the molecule is CCOc1ccc(OCC(=O)NCCc2cn3cc(C)ccc3n2)cc1. The van der Waals surface area contributed by atoms with E-state index in [1.807, 2.05) is 54.9 Å². The van der Waals surface area contributed by atoms with Crippen LogP contribution < -0.4 is 14.8 Å². The average Bonchev–Trinajstić information content (AvgIpc) is 3.03. The maximum Gasteiger partial charge on any atom is 0.257 e. The fourth-order valence-electron chi connectivity index (χ4n) is 2.60. The van der Waals surface area contributed by atoms with E-state index < -0.39 is 0 Å². The van der Waals surface area contributed by atoms with Gasteiger partial charge in [-0.3, -0.25) is 4.79 Å². The molecule has 0 radical (unpaired) electrons. The normalized spacial score (nSPS) is 10.7. The third kappa shape index (κ3) is 4.75. The van der Waals surface area contributed by atoms with Gasteiger partial charge in [-0.05, 0) is 49.7 Å². The van der Waals surface area contributed by atoms with Gasteiger partial charge in [0, 0.05) is 25.4 Å². The summed E-state index contributed by atoms with van der Waals surface area (Å²) in [5.74, 6) is 1.27. The molecule has 0 aliphatic rings. The highest BCUT2D eigenvalue weighted by molar-refractivity contribution is 5.77. The standard InChI is InChI=1S/C20H23N3O3/c1-3-25-17-5-7-18(8-6-17)26-14-20(24)21-11-10-16-13-23-12-15(2)4-9-19(23)22-16/h4-9,12-13H,3,10-11,14H2,1-2H3,(H,21,24). The monoisotopic (exact) mass is 353 g/mol. The molecule has 3 rings (SSSR count). The molecule has 0 saturated heterocycles. The van der Waals surface area contributed by atoms with Crippen molar-refractivity contribution in [3.05, 3.63) is 60.0 Å². The van der Waals surface area contributed by atoms with Gasteiger partial charge in [0.2, 0.25) is 0 Å². The Balaban J connectivity index is 1.42.